The van der Waals surface area contributed by atoms with Crippen LogP contribution in [-0.2, 0) is 6.42 Å². The summed E-state index contributed by atoms with van der Waals surface area (Å²) in [4.78, 5) is 12.3. The summed E-state index contributed by atoms with van der Waals surface area (Å²) < 4.78 is 15.8. The summed E-state index contributed by atoms with van der Waals surface area (Å²) in [5.41, 5.74) is 1.88. The van der Waals surface area contributed by atoms with E-state index in [1.54, 1.807) is 7.11 Å². The summed E-state index contributed by atoms with van der Waals surface area (Å²) in [5.74, 6) is 2.74. The highest BCUT2D eigenvalue weighted by atomic mass is 16.7. The molecule has 0 saturated carbocycles. The Balaban J connectivity index is 1.59. The fourth-order valence-electron chi connectivity index (χ4n) is 2.75. The topological polar surface area (TPSA) is 44.8 Å². The van der Waals surface area contributed by atoms with Gasteiger partial charge in [-0.05, 0) is 54.3 Å². The number of ketones is 1. The second-order valence-corrected chi connectivity index (χ2v) is 5.85. The minimum atomic E-state index is 0.154. The van der Waals surface area contributed by atoms with Gasteiger partial charge in [0.1, 0.15) is 5.75 Å². The van der Waals surface area contributed by atoms with Crippen LogP contribution in [0.5, 0.6) is 17.2 Å². The molecule has 0 aromatic heterocycles. The minimum absolute atomic E-state index is 0.154. The van der Waals surface area contributed by atoms with Crippen LogP contribution in [-0.4, -0.2) is 19.7 Å². The maximum atomic E-state index is 12.3. The van der Waals surface area contributed by atoms with E-state index in [9.17, 15) is 4.79 Å². The van der Waals surface area contributed by atoms with Crippen LogP contribution in [0.15, 0.2) is 42.5 Å². The standard InChI is InChI=1S/C19H20O4/c1-13(9-14-3-8-18-19(11-14)23-12-22-18)10-17(20)15-4-6-16(21-2)7-5-15/h3-8,11,13H,9-10,12H2,1-2H3. The van der Waals surface area contributed by atoms with Gasteiger partial charge in [0.15, 0.2) is 17.3 Å². The van der Waals surface area contributed by atoms with Gasteiger partial charge in [0.05, 0.1) is 7.11 Å². The Morgan fingerprint density at radius 3 is 2.61 bits per heavy atom. The van der Waals surface area contributed by atoms with E-state index in [-0.39, 0.29) is 18.5 Å². The molecule has 0 N–H and O–H groups in total. The van der Waals surface area contributed by atoms with E-state index < -0.39 is 0 Å². The molecule has 1 unspecified atom stereocenters. The first-order valence-electron chi connectivity index (χ1n) is 7.71. The van der Waals surface area contributed by atoms with Gasteiger partial charge in [-0.2, -0.15) is 0 Å². The molecule has 4 heteroatoms. The van der Waals surface area contributed by atoms with Gasteiger partial charge in [0, 0.05) is 12.0 Å². The molecule has 4 nitrogen and oxygen atoms in total. The summed E-state index contributed by atoms with van der Waals surface area (Å²) in [6, 6.07) is 13.2. The number of ether oxygens (including phenoxy) is 3. The lowest BCUT2D eigenvalue weighted by atomic mass is 9.93. The lowest BCUT2D eigenvalue weighted by Crippen LogP contribution is -2.08. The summed E-state index contributed by atoms with van der Waals surface area (Å²) in [6.45, 7) is 2.37. The van der Waals surface area contributed by atoms with Crippen LogP contribution in [0.25, 0.3) is 0 Å². The predicted molar refractivity (Wildman–Crippen MR) is 87.4 cm³/mol. The number of fused-ring (bicyclic) bond motifs is 1. The maximum absolute atomic E-state index is 12.3. The van der Waals surface area contributed by atoms with E-state index in [0.29, 0.717) is 6.42 Å². The number of hydrogen-bond donors (Lipinski definition) is 0. The van der Waals surface area contributed by atoms with Crippen molar-refractivity contribution in [2.24, 2.45) is 5.92 Å². The highest BCUT2D eigenvalue weighted by molar-refractivity contribution is 5.96. The smallest absolute Gasteiger partial charge is 0.231 e. The van der Waals surface area contributed by atoms with Crippen molar-refractivity contribution in [2.75, 3.05) is 13.9 Å². The lowest BCUT2D eigenvalue weighted by Gasteiger charge is -2.11. The first-order chi connectivity index (χ1) is 11.2. The Morgan fingerprint density at radius 2 is 1.87 bits per heavy atom. The zero-order valence-corrected chi connectivity index (χ0v) is 13.4. The number of carbonyl (C=O) groups is 1. The van der Waals surface area contributed by atoms with Crippen molar-refractivity contribution >= 4 is 5.78 Å². The first-order valence-corrected chi connectivity index (χ1v) is 7.71. The lowest BCUT2D eigenvalue weighted by molar-refractivity contribution is 0.0964. The van der Waals surface area contributed by atoms with Crippen LogP contribution in [0.1, 0.15) is 29.3 Å². The van der Waals surface area contributed by atoms with Gasteiger partial charge in [-0.15, -0.1) is 0 Å². The zero-order valence-electron chi connectivity index (χ0n) is 13.4. The molecule has 23 heavy (non-hydrogen) atoms. The average Bonchev–Trinajstić information content (AvgIpc) is 3.02. The van der Waals surface area contributed by atoms with Crippen molar-refractivity contribution in [1.82, 2.24) is 0 Å². The molecule has 2 aromatic carbocycles. The van der Waals surface area contributed by atoms with Crippen molar-refractivity contribution in [3.8, 4) is 17.2 Å². The van der Waals surface area contributed by atoms with Gasteiger partial charge < -0.3 is 14.2 Å². The Morgan fingerprint density at radius 1 is 1.13 bits per heavy atom. The molecule has 1 atom stereocenters. The largest absolute Gasteiger partial charge is 0.497 e. The van der Waals surface area contributed by atoms with E-state index in [4.69, 9.17) is 14.2 Å². The third kappa shape index (κ3) is 3.65. The van der Waals surface area contributed by atoms with Crippen LogP contribution in [0.4, 0.5) is 0 Å². The molecular weight excluding hydrogens is 292 g/mol. The molecular formula is C19H20O4. The Bertz CT molecular complexity index is 691. The van der Waals surface area contributed by atoms with Crippen molar-refractivity contribution < 1.29 is 19.0 Å². The van der Waals surface area contributed by atoms with Gasteiger partial charge in [-0.1, -0.05) is 13.0 Å². The number of benzene rings is 2. The summed E-state index contributed by atoms with van der Waals surface area (Å²) >= 11 is 0. The summed E-state index contributed by atoms with van der Waals surface area (Å²) in [6.07, 6.45) is 1.35. The third-order valence-corrected chi connectivity index (χ3v) is 3.97. The van der Waals surface area contributed by atoms with Crippen molar-refractivity contribution in [3.63, 3.8) is 0 Å². The second-order valence-electron chi connectivity index (χ2n) is 5.85. The second kappa shape index (κ2) is 6.73. The molecule has 1 aliphatic heterocycles. The van der Waals surface area contributed by atoms with Gasteiger partial charge in [-0.25, -0.2) is 0 Å². The van der Waals surface area contributed by atoms with Crippen molar-refractivity contribution in [3.05, 3.63) is 53.6 Å². The normalized spacial score (nSPS) is 13.7. The molecule has 0 fully saturated rings. The quantitative estimate of drug-likeness (QED) is 0.759. The third-order valence-electron chi connectivity index (χ3n) is 3.97. The monoisotopic (exact) mass is 312 g/mol. The number of hydrogen-bond acceptors (Lipinski definition) is 4. The maximum Gasteiger partial charge on any atom is 0.231 e. The fourth-order valence-corrected chi connectivity index (χ4v) is 2.75. The highest BCUT2D eigenvalue weighted by Crippen LogP contribution is 2.33. The van der Waals surface area contributed by atoms with E-state index in [2.05, 4.69) is 6.92 Å². The van der Waals surface area contributed by atoms with E-state index >= 15 is 0 Å². The molecule has 120 valence electrons. The fraction of sp³-hybridized carbons (Fsp3) is 0.316. The molecule has 3 rings (SSSR count). The molecule has 1 heterocycles. The SMILES string of the molecule is COc1ccc(C(=O)CC(C)Cc2ccc3c(c2)OCO3)cc1. The molecule has 0 aliphatic carbocycles. The van der Waals surface area contributed by atoms with Crippen molar-refractivity contribution in [1.29, 1.82) is 0 Å². The van der Waals surface area contributed by atoms with E-state index in [1.807, 2.05) is 42.5 Å². The summed E-state index contributed by atoms with van der Waals surface area (Å²) in [7, 11) is 1.62. The van der Waals surface area contributed by atoms with Gasteiger partial charge in [0.25, 0.3) is 0 Å². The Labute approximate surface area is 136 Å². The zero-order chi connectivity index (χ0) is 16.2. The van der Waals surface area contributed by atoms with Crippen molar-refractivity contribution in [2.45, 2.75) is 19.8 Å². The van der Waals surface area contributed by atoms with Crippen LogP contribution in [0.2, 0.25) is 0 Å². The molecule has 0 bridgehead atoms. The number of Topliss-reactive ketones (excluding diaryl/α,β-unsaturated/α-hetero) is 1. The molecule has 0 spiro atoms. The predicted octanol–water partition coefficient (Wildman–Crippen LogP) is 3.88. The molecule has 2 aromatic rings. The highest BCUT2D eigenvalue weighted by Gasteiger charge is 2.16. The van der Waals surface area contributed by atoms with Crippen LogP contribution >= 0.6 is 0 Å². The minimum Gasteiger partial charge on any atom is -0.497 e. The number of carbonyl (C=O) groups excluding carboxylic acids is 1. The van der Waals surface area contributed by atoms with Crippen LogP contribution in [0.3, 0.4) is 0 Å². The van der Waals surface area contributed by atoms with Gasteiger partial charge in [0.2, 0.25) is 6.79 Å². The Kier molecular flexibility index (Phi) is 4.51. The first kappa shape index (κ1) is 15.4. The Hall–Kier alpha value is -2.49. The van der Waals surface area contributed by atoms with E-state index in [0.717, 1.165) is 34.8 Å². The van der Waals surface area contributed by atoms with Gasteiger partial charge in [-0.3, -0.25) is 4.79 Å². The average molecular weight is 312 g/mol. The molecule has 0 amide bonds. The number of methoxy groups -OCH3 is 1. The van der Waals surface area contributed by atoms with E-state index in [1.165, 1.54) is 0 Å². The number of rotatable bonds is 6. The summed E-state index contributed by atoms with van der Waals surface area (Å²) in [5, 5.41) is 0. The van der Waals surface area contributed by atoms with Gasteiger partial charge >= 0.3 is 0 Å². The molecule has 0 saturated heterocycles. The van der Waals surface area contributed by atoms with Crippen LogP contribution < -0.4 is 14.2 Å². The molecule has 1 aliphatic rings. The molecule has 0 radical (unpaired) electrons. The van der Waals surface area contributed by atoms with Crippen LogP contribution in [0, 0.1) is 5.92 Å².